The molecule has 172 valence electrons. The number of aromatic amines is 1. The lowest BCUT2D eigenvalue weighted by Gasteiger charge is -2.29. The number of H-pyrrole nitrogens is 1. The SMILES string of the molecule is CCS(=O)(=O)Nc1ccc(OC2CCC(F)(F)CC2)c(-c2cn(C)c(=O)c3[nH]ccc23)c1. The molecule has 1 aliphatic rings. The van der Waals surface area contributed by atoms with Crippen LogP contribution in [0.3, 0.4) is 0 Å². The van der Waals surface area contributed by atoms with Crippen LogP contribution in [0.1, 0.15) is 32.6 Å². The highest BCUT2D eigenvalue weighted by Crippen LogP contribution is 2.40. The number of alkyl halides is 2. The molecule has 2 N–H and O–H groups in total. The zero-order valence-corrected chi connectivity index (χ0v) is 18.6. The Labute approximate surface area is 184 Å². The van der Waals surface area contributed by atoms with Gasteiger partial charge >= 0.3 is 0 Å². The summed E-state index contributed by atoms with van der Waals surface area (Å²) in [5.74, 6) is -2.31. The number of rotatable bonds is 6. The minimum absolute atomic E-state index is 0.0846. The Hall–Kier alpha value is -2.88. The number of aromatic nitrogens is 2. The minimum atomic E-state index is -3.51. The van der Waals surface area contributed by atoms with Crippen LogP contribution in [0.25, 0.3) is 22.0 Å². The Bertz CT molecular complexity index is 1300. The summed E-state index contributed by atoms with van der Waals surface area (Å²) in [6, 6.07) is 6.63. The van der Waals surface area contributed by atoms with Crippen LogP contribution in [0.5, 0.6) is 5.75 Å². The number of pyridine rings is 1. The van der Waals surface area contributed by atoms with E-state index >= 15 is 0 Å². The van der Waals surface area contributed by atoms with Gasteiger partial charge in [0.2, 0.25) is 15.9 Å². The van der Waals surface area contributed by atoms with Crippen LogP contribution in [0.4, 0.5) is 14.5 Å². The van der Waals surface area contributed by atoms with Gasteiger partial charge < -0.3 is 14.3 Å². The molecule has 0 amide bonds. The van der Waals surface area contributed by atoms with Gasteiger partial charge in [-0.3, -0.25) is 9.52 Å². The topological polar surface area (TPSA) is 93.2 Å². The molecule has 0 spiro atoms. The van der Waals surface area contributed by atoms with Crippen molar-refractivity contribution in [3.8, 4) is 16.9 Å². The van der Waals surface area contributed by atoms with E-state index in [-0.39, 0.29) is 43.1 Å². The first-order valence-corrected chi connectivity index (χ1v) is 12.1. The fourth-order valence-electron chi connectivity index (χ4n) is 3.95. The second kappa shape index (κ2) is 8.23. The molecule has 1 aliphatic carbocycles. The normalized spacial score (nSPS) is 16.9. The summed E-state index contributed by atoms with van der Waals surface area (Å²) in [5.41, 5.74) is 1.79. The van der Waals surface area contributed by atoms with Gasteiger partial charge in [0, 0.05) is 54.5 Å². The molecule has 0 saturated heterocycles. The largest absolute Gasteiger partial charge is 0.490 e. The Morgan fingerprint density at radius 1 is 1.22 bits per heavy atom. The van der Waals surface area contributed by atoms with E-state index in [0.717, 1.165) is 0 Å². The fraction of sp³-hybridized carbons (Fsp3) is 0.409. The van der Waals surface area contributed by atoms with Gasteiger partial charge in [0.1, 0.15) is 11.3 Å². The van der Waals surface area contributed by atoms with Gasteiger partial charge in [-0.15, -0.1) is 0 Å². The monoisotopic (exact) mass is 465 g/mol. The Kier molecular flexibility index (Phi) is 5.74. The smallest absolute Gasteiger partial charge is 0.274 e. The maximum absolute atomic E-state index is 13.6. The number of fused-ring (bicyclic) bond motifs is 1. The van der Waals surface area contributed by atoms with E-state index in [9.17, 15) is 22.0 Å². The zero-order valence-electron chi connectivity index (χ0n) is 17.8. The minimum Gasteiger partial charge on any atom is -0.490 e. The Balaban J connectivity index is 1.80. The van der Waals surface area contributed by atoms with Crippen molar-refractivity contribution in [2.45, 2.75) is 44.6 Å². The quantitative estimate of drug-likeness (QED) is 0.569. The van der Waals surface area contributed by atoms with Crippen molar-refractivity contribution in [1.29, 1.82) is 0 Å². The van der Waals surface area contributed by atoms with Crippen LogP contribution in [0.15, 0.2) is 41.5 Å². The Morgan fingerprint density at radius 2 is 1.94 bits per heavy atom. The van der Waals surface area contributed by atoms with Gasteiger partial charge in [0.15, 0.2) is 0 Å². The fourth-order valence-corrected chi connectivity index (χ4v) is 4.58. The first kappa shape index (κ1) is 22.3. The van der Waals surface area contributed by atoms with Crippen molar-refractivity contribution in [1.82, 2.24) is 9.55 Å². The average molecular weight is 466 g/mol. The number of hydrogen-bond donors (Lipinski definition) is 2. The molecule has 10 heteroatoms. The number of nitrogens with one attached hydrogen (secondary N) is 2. The predicted molar refractivity (Wildman–Crippen MR) is 120 cm³/mol. The number of hydrogen-bond acceptors (Lipinski definition) is 4. The molecule has 1 aromatic carbocycles. The highest BCUT2D eigenvalue weighted by Gasteiger charge is 2.36. The molecule has 32 heavy (non-hydrogen) atoms. The van der Waals surface area contributed by atoms with Crippen molar-refractivity contribution < 1.29 is 21.9 Å². The maximum Gasteiger partial charge on any atom is 0.274 e. The van der Waals surface area contributed by atoms with Crippen LogP contribution in [0, 0.1) is 0 Å². The summed E-state index contributed by atoms with van der Waals surface area (Å²) in [6.07, 6.45) is 2.93. The molecule has 4 rings (SSSR count). The third-order valence-electron chi connectivity index (χ3n) is 5.78. The number of aryl methyl sites for hydroxylation is 1. The van der Waals surface area contributed by atoms with E-state index in [4.69, 9.17) is 4.74 Å². The lowest BCUT2D eigenvalue weighted by atomic mass is 9.94. The first-order valence-electron chi connectivity index (χ1n) is 10.4. The van der Waals surface area contributed by atoms with Crippen molar-refractivity contribution in [3.63, 3.8) is 0 Å². The van der Waals surface area contributed by atoms with Gasteiger partial charge in [-0.05, 0) is 44.0 Å². The molecule has 0 atom stereocenters. The second-order valence-electron chi connectivity index (χ2n) is 8.11. The van der Waals surface area contributed by atoms with Gasteiger partial charge in [-0.1, -0.05) is 0 Å². The van der Waals surface area contributed by atoms with Crippen LogP contribution < -0.4 is 15.0 Å². The molecule has 0 radical (unpaired) electrons. The van der Waals surface area contributed by atoms with Crippen LogP contribution >= 0.6 is 0 Å². The molecule has 1 fully saturated rings. The highest BCUT2D eigenvalue weighted by molar-refractivity contribution is 7.92. The van der Waals surface area contributed by atoms with Crippen LogP contribution in [-0.2, 0) is 17.1 Å². The summed E-state index contributed by atoms with van der Waals surface area (Å²) in [6.45, 7) is 1.54. The summed E-state index contributed by atoms with van der Waals surface area (Å²) < 4.78 is 61.4. The molecule has 0 unspecified atom stereocenters. The third-order valence-corrected chi connectivity index (χ3v) is 7.08. The summed E-state index contributed by atoms with van der Waals surface area (Å²) in [5, 5.41) is 0.656. The number of sulfonamides is 1. The number of halogens is 2. The molecular formula is C22H25F2N3O4S. The van der Waals surface area contributed by atoms with Gasteiger partial charge in [-0.2, -0.15) is 0 Å². The Morgan fingerprint density at radius 3 is 2.62 bits per heavy atom. The number of anilines is 1. The van der Waals surface area contributed by atoms with E-state index in [0.29, 0.717) is 33.5 Å². The predicted octanol–water partition coefficient (Wildman–Crippen LogP) is 4.25. The van der Waals surface area contributed by atoms with E-state index in [2.05, 4.69) is 9.71 Å². The zero-order chi connectivity index (χ0) is 23.1. The standard InChI is InChI=1S/C22H25F2N3O4S/c1-3-32(29,30)26-14-4-5-19(31-15-6-9-22(23,24)10-7-15)17(12-14)18-13-27(2)21(28)20-16(18)8-11-25-20/h4-5,8,11-13,15,25-26H,3,6-7,9-10H2,1-2H3. The highest BCUT2D eigenvalue weighted by atomic mass is 32.2. The van der Waals surface area contributed by atoms with Crippen molar-refractivity contribution in [2.75, 3.05) is 10.5 Å². The molecule has 0 aliphatic heterocycles. The molecule has 2 heterocycles. The van der Waals surface area contributed by atoms with Crippen molar-refractivity contribution >= 4 is 26.6 Å². The van der Waals surface area contributed by atoms with Crippen molar-refractivity contribution in [3.05, 3.63) is 47.0 Å². The third kappa shape index (κ3) is 4.50. The van der Waals surface area contributed by atoms with Crippen LogP contribution in [-0.4, -0.2) is 35.7 Å². The van der Waals surface area contributed by atoms with Crippen molar-refractivity contribution in [2.24, 2.45) is 7.05 Å². The van der Waals surface area contributed by atoms with E-state index < -0.39 is 15.9 Å². The van der Waals surface area contributed by atoms with Crippen LogP contribution in [0.2, 0.25) is 0 Å². The second-order valence-corrected chi connectivity index (χ2v) is 10.1. The maximum atomic E-state index is 13.6. The molecule has 0 bridgehead atoms. The summed E-state index contributed by atoms with van der Waals surface area (Å²) in [4.78, 5) is 15.4. The lowest BCUT2D eigenvalue weighted by molar-refractivity contribution is -0.0581. The molecule has 3 aromatic rings. The first-order chi connectivity index (χ1) is 15.1. The summed E-state index contributed by atoms with van der Waals surface area (Å²) >= 11 is 0. The number of ether oxygens (including phenoxy) is 1. The number of nitrogens with zero attached hydrogens (tertiary/aromatic N) is 1. The molecule has 1 saturated carbocycles. The molecule has 7 nitrogen and oxygen atoms in total. The number of benzene rings is 1. The van der Waals surface area contributed by atoms with Gasteiger partial charge in [0.25, 0.3) is 5.56 Å². The molecule has 2 aromatic heterocycles. The lowest BCUT2D eigenvalue weighted by Crippen LogP contribution is -2.30. The van der Waals surface area contributed by atoms with Gasteiger partial charge in [-0.25, -0.2) is 17.2 Å². The average Bonchev–Trinajstić information content (AvgIpc) is 3.23. The molecular weight excluding hydrogens is 440 g/mol. The van der Waals surface area contributed by atoms with E-state index in [1.54, 1.807) is 43.7 Å². The van der Waals surface area contributed by atoms with E-state index in [1.807, 2.05) is 0 Å². The van der Waals surface area contributed by atoms with E-state index in [1.165, 1.54) is 11.5 Å². The van der Waals surface area contributed by atoms with Gasteiger partial charge in [0.05, 0.1) is 11.9 Å². The summed E-state index contributed by atoms with van der Waals surface area (Å²) in [7, 11) is -1.88.